The predicted molar refractivity (Wildman–Crippen MR) is 91.0 cm³/mol. The molecule has 5 nitrogen and oxygen atoms in total. The lowest BCUT2D eigenvalue weighted by atomic mass is 9.95. The molecule has 2 atom stereocenters. The van der Waals surface area contributed by atoms with E-state index in [2.05, 4.69) is 17.4 Å². The van der Waals surface area contributed by atoms with Crippen LogP contribution in [0.5, 0.6) is 0 Å². The molecule has 0 bridgehead atoms. The zero-order chi connectivity index (χ0) is 16.9. The summed E-state index contributed by atoms with van der Waals surface area (Å²) in [5.41, 5.74) is 3.06. The minimum Gasteiger partial charge on any atom is -0.326 e. The van der Waals surface area contributed by atoms with Crippen LogP contribution < -0.4 is 10.5 Å². The topological polar surface area (TPSA) is 89.3 Å². The molecule has 124 valence electrons. The zero-order valence-electron chi connectivity index (χ0n) is 13.0. The molecule has 1 spiro atoms. The molecule has 2 aromatic carbocycles. The van der Waals surface area contributed by atoms with Crippen molar-refractivity contribution in [2.75, 3.05) is 5.32 Å². The first-order valence-corrected chi connectivity index (χ1v) is 9.47. The third-order valence-electron chi connectivity index (χ3n) is 5.22. The lowest BCUT2D eigenvalue weighted by molar-refractivity contribution is -0.117. The first-order valence-electron chi connectivity index (χ1n) is 7.92. The monoisotopic (exact) mass is 342 g/mol. The number of nitrogens with one attached hydrogen (secondary N) is 1. The van der Waals surface area contributed by atoms with Gasteiger partial charge in [0.2, 0.25) is 15.9 Å². The van der Waals surface area contributed by atoms with Crippen molar-refractivity contribution in [2.45, 2.75) is 29.6 Å². The minimum absolute atomic E-state index is 0.00276. The van der Waals surface area contributed by atoms with Crippen molar-refractivity contribution in [2.24, 2.45) is 11.1 Å². The maximum Gasteiger partial charge on any atom is 0.238 e. The lowest BCUT2D eigenvalue weighted by Crippen LogP contribution is -2.20. The van der Waals surface area contributed by atoms with Crippen molar-refractivity contribution in [1.29, 1.82) is 0 Å². The summed E-state index contributed by atoms with van der Waals surface area (Å²) in [5.74, 6) is -0.113. The standard InChI is InChI=1S/C18H18N2O3S/c19-24(22,23)14-6-3-5-13(10-14)20-17(21)16-11-18(16)9-8-12-4-1-2-7-15(12)18/h1-7,10,16H,8-9,11H2,(H,20,21)(H2,19,22,23)/t16-,18-/m0/s1. The largest absolute Gasteiger partial charge is 0.326 e. The van der Waals surface area contributed by atoms with Gasteiger partial charge >= 0.3 is 0 Å². The second-order valence-electron chi connectivity index (χ2n) is 6.63. The molecule has 24 heavy (non-hydrogen) atoms. The van der Waals surface area contributed by atoms with E-state index in [-0.39, 0.29) is 22.1 Å². The Hall–Kier alpha value is -2.18. The number of primary sulfonamides is 1. The summed E-state index contributed by atoms with van der Waals surface area (Å²) < 4.78 is 22.8. The molecule has 0 aliphatic heterocycles. The van der Waals surface area contributed by atoms with Crippen LogP contribution in [0.3, 0.4) is 0 Å². The van der Waals surface area contributed by atoms with Gasteiger partial charge in [0.25, 0.3) is 0 Å². The third-order valence-corrected chi connectivity index (χ3v) is 6.13. The molecule has 1 amide bonds. The summed E-state index contributed by atoms with van der Waals surface area (Å²) >= 11 is 0. The Morgan fingerprint density at radius 2 is 1.96 bits per heavy atom. The molecule has 2 aromatic rings. The summed E-state index contributed by atoms with van der Waals surface area (Å²) in [5, 5.41) is 7.98. The summed E-state index contributed by atoms with van der Waals surface area (Å²) in [4.78, 5) is 12.6. The van der Waals surface area contributed by atoms with Crippen molar-refractivity contribution >= 4 is 21.6 Å². The van der Waals surface area contributed by atoms with Crippen molar-refractivity contribution in [1.82, 2.24) is 0 Å². The van der Waals surface area contributed by atoms with Gasteiger partial charge in [-0.25, -0.2) is 13.6 Å². The highest BCUT2D eigenvalue weighted by Crippen LogP contribution is 2.61. The SMILES string of the molecule is NS(=O)(=O)c1cccc(NC(=O)[C@@H]2C[C@]23CCc2ccccc23)c1. The normalized spacial score (nSPS) is 24.6. The van der Waals surface area contributed by atoms with Crippen LogP contribution in [-0.2, 0) is 26.7 Å². The van der Waals surface area contributed by atoms with Gasteiger partial charge in [-0.15, -0.1) is 0 Å². The number of hydrogen-bond donors (Lipinski definition) is 2. The van der Waals surface area contributed by atoms with Gasteiger partial charge in [0, 0.05) is 17.0 Å². The van der Waals surface area contributed by atoms with E-state index in [4.69, 9.17) is 5.14 Å². The van der Waals surface area contributed by atoms with Crippen molar-refractivity contribution in [3.8, 4) is 0 Å². The van der Waals surface area contributed by atoms with Gasteiger partial charge in [-0.3, -0.25) is 4.79 Å². The van der Waals surface area contributed by atoms with Gasteiger partial charge in [-0.2, -0.15) is 0 Å². The Labute approximate surface area is 140 Å². The molecule has 3 N–H and O–H groups in total. The van der Waals surface area contributed by atoms with Crippen LogP contribution in [0.2, 0.25) is 0 Å². The van der Waals surface area contributed by atoms with Gasteiger partial charge in [-0.05, 0) is 48.6 Å². The smallest absolute Gasteiger partial charge is 0.238 e. The number of fused-ring (bicyclic) bond motifs is 2. The second-order valence-corrected chi connectivity index (χ2v) is 8.19. The fourth-order valence-electron chi connectivity index (χ4n) is 3.92. The van der Waals surface area contributed by atoms with E-state index in [0.29, 0.717) is 5.69 Å². The number of sulfonamides is 1. The van der Waals surface area contributed by atoms with E-state index in [9.17, 15) is 13.2 Å². The average Bonchev–Trinajstić information content (AvgIpc) is 3.17. The Bertz CT molecular complexity index is 939. The average molecular weight is 342 g/mol. The Kier molecular flexibility index (Phi) is 3.30. The summed E-state index contributed by atoms with van der Waals surface area (Å²) in [6.45, 7) is 0. The number of carbonyl (C=O) groups is 1. The molecule has 0 heterocycles. The van der Waals surface area contributed by atoms with Crippen LogP contribution >= 0.6 is 0 Å². The molecule has 0 radical (unpaired) electrons. The van der Waals surface area contributed by atoms with E-state index in [1.807, 2.05) is 12.1 Å². The molecular weight excluding hydrogens is 324 g/mol. The number of hydrogen-bond acceptors (Lipinski definition) is 3. The van der Waals surface area contributed by atoms with Crippen LogP contribution in [-0.4, -0.2) is 14.3 Å². The van der Waals surface area contributed by atoms with Crippen LogP contribution in [0.1, 0.15) is 24.0 Å². The van der Waals surface area contributed by atoms with Crippen LogP contribution in [0.15, 0.2) is 53.4 Å². The maximum atomic E-state index is 12.6. The molecule has 0 saturated heterocycles. The summed E-state index contributed by atoms with van der Waals surface area (Å²) in [6, 6.07) is 14.4. The molecule has 0 aromatic heterocycles. The highest BCUT2D eigenvalue weighted by atomic mass is 32.2. The first-order chi connectivity index (χ1) is 11.4. The number of rotatable bonds is 3. The highest BCUT2D eigenvalue weighted by Gasteiger charge is 2.61. The number of amides is 1. The van der Waals surface area contributed by atoms with E-state index >= 15 is 0 Å². The molecule has 1 saturated carbocycles. The zero-order valence-corrected chi connectivity index (χ0v) is 13.8. The number of anilines is 1. The van der Waals surface area contributed by atoms with Gasteiger partial charge < -0.3 is 5.32 Å². The number of benzene rings is 2. The van der Waals surface area contributed by atoms with Crippen LogP contribution in [0.4, 0.5) is 5.69 Å². The first kappa shape index (κ1) is 15.4. The van der Waals surface area contributed by atoms with Gasteiger partial charge in [-0.1, -0.05) is 30.3 Å². The fraction of sp³-hybridized carbons (Fsp3) is 0.278. The molecule has 6 heteroatoms. The van der Waals surface area contributed by atoms with Crippen molar-refractivity contribution in [3.05, 3.63) is 59.7 Å². The van der Waals surface area contributed by atoms with E-state index in [1.54, 1.807) is 12.1 Å². The molecular formula is C18H18N2O3S. The Morgan fingerprint density at radius 3 is 2.75 bits per heavy atom. The number of nitrogens with two attached hydrogens (primary N) is 1. The van der Waals surface area contributed by atoms with Crippen molar-refractivity contribution < 1.29 is 13.2 Å². The highest BCUT2D eigenvalue weighted by molar-refractivity contribution is 7.89. The summed E-state index contributed by atoms with van der Waals surface area (Å²) in [7, 11) is -3.78. The maximum absolute atomic E-state index is 12.6. The predicted octanol–water partition coefficient (Wildman–Crippen LogP) is 2.18. The second kappa shape index (κ2) is 5.16. The fourth-order valence-corrected chi connectivity index (χ4v) is 4.48. The molecule has 1 fully saturated rings. The Morgan fingerprint density at radius 1 is 1.17 bits per heavy atom. The number of aryl methyl sites for hydroxylation is 1. The quantitative estimate of drug-likeness (QED) is 0.896. The van der Waals surface area contributed by atoms with E-state index in [1.165, 1.54) is 23.3 Å². The van der Waals surface area contributed by atoms with Gasteiger partial charge in [0.05, 0.1) is 4.90 Å². The van der Waals surface area contributed by atoms with Crippen LogP contribution in [0.25, 0.3) is 0 Å². The molecule has 2 aliphatic carbocycles. The van der Waals surface area contributed by atoms with Crippen molar-refractivity contribution in [3.63, 3.8) is 0 Å². The third kappa shape index (κ3) is 2.42. The Balaban J connectivity index is 1.54. The van der Waals surface area contributed by atoms with Gasteiger partial charge in [0.15, 0.2) is 0 Å². The molecule has 2 aliphatic rings. The minimum atomic E-state index is -3.78. The molecule has 0 unspecified atom stereocenters. The molecule has 4 rings (SSSR count). The van der Waals surface area contributed by atoms with Crippen LogP contribution in [0, 0.1) is 5.92 Å². The van der Waals surface area contributed by atoms with E-state index in [0.717, 1.165) is 19.3 Å². The lowest BCUT2D eigenvalue weighted by Gasteiger charge is -2.12. The summed E-state index contributed by atoms with van der Waals surface area (Å²) in [6.07, 6.45) is 2.87. The van der Waals surface area contributed by atoms with E-state index < -0.39 is 10.0 Å². The van der Waals surface area contributed by atoms with Gasteiger partial charge in [0.1, 0.15) is 0 Å². The number of carbonyl (C=O) groups excluding carboxylic acids is 1.